The number of piperidine rings is 1. The van der Waals surface area contributed by atoms with E-state index in [1.165, 1.54) is 42.8 Å². The zero-order valence-corrected chi connectivity index (χ0v) is 34.6. The van der Waals surface area contributed by atoms with Crippen molar-refractivity contribution in [1.29, 1.82) is 0 Å². The summed E-state index contributed by atoms with van der Waals surface area (Å²) in [6.07, 6.45) is 6.75. The van der Waals surface area contributed by atoms with Crippen molar-refractivity contribution in [1.82, 2.24) is 14.8 Å². The molecule has 15 heteroatoms. The molecule has 3 N–H and O–H groups in total. The summed E-state index contributed by atoms with van der Waals surface area (Å²) in [6.45, 7) is 3.61. The molecule has 1 aliphatic carbocycles. The van der Waals surface area contributed by atoms with Crippen LogP contribution in [0.15, 0.2) is 89.8 Å². The number of amides is 3. The van der Waals surface area contributed by atoms with Crippen LogP contribution in [-0.2, 0) is 37.2 Å². The van der Waals surface area contributed by atoms with Crippen LogP contribution in [0.1, 0.15) is 94.2 Å². The van der Waals surface area contributed by atoms with E-state index >= 15 is 0 Å². The fraction of sp³-hybridized carbons (Fsp3) is 0.386. The fourth-order valence-corrected chi connectivity index (χ4v) is 9.49. The minimum absolute atomic E-state index is 0.0213. The van der Waals surface area contributed by atoms with Crippen molar-refractivity contribution in [2.45, 2.75) is 75.6 Å². The Morgan fingerprint density at radius 3 is 2.05 bits per heavy atom. The maximum atomic E-state index is 14.0. The largest absolute Gasteiger partial charge is 0.469 e. The number of aryl methyl sites for hydroxylation is 2. The van der Waals surface area contributed by atoms with E-state index in [0.29, 0.717) is 42.8 Å². The molecule has 1 aromatic heterocycles. The molecule has 1 saturated heterocycles. The highest BCUT2D eigenvalue weighted by Gasteiger charge is 2.35. The van der Waals surface area contributed by atoms with Crippen LogP contribution in [0, 0.1) is 5.92 Å². The number of pyridine rings is 1. The Morgan fingerprint density at radius 1 is 0.763 bits per heavy atom. The maximum Gasteiger partial charge on any atom is 0.308 e. The number of aromatic nitrogens is 1. The second-order valence-electron chi connectivity index (χ2n) is 14.8. The molecule has 0 spiro atoms. The summed E-state index contributed by atoms with van der Waals surface area (Å²) in [4.78, 5) is 63.3. The van der Waals surface area contributed by atoms with E-state index in [1.54, 1.807) is 31.2 Å². The lowest BCUT2D eigenvalue weighted by Crippen LogP contribution is -2.43. The number of rotatable bonds is 15. The van der Waals surface area contributed by atoms with Crippen LogP contribution in [0.4, 0.5) is 17.2 Å². The van der Waals surface area contributed by atoms with Crippen molar-refractivity contribution in [3.8, 4) is 0 Å². The molecule has 0 bridgehead atoms. The number of sulfonamides is 1. The predicted octanol–water partition coefficient (Wildman–Crippen LogP) is 6.40. The van der Waals surface area contributed by atoms with Gasteiger partial charge in [-0.25, -0.2) is 18.9 Å². The van der Waals surface area contributed by atoms with Gasteiger partial charge in [0.1, 0.15) is 5.82 Å². The Balaban J connectivity index is 1.15. The molecule has 1 aliphatic heterocycles. The molecule has 2 aliphatic rings. The average molecular weight is 825 g/mol. The summed E-state index contributed by atoms with van der Waals surface area (Å²) >= 11 is 0. The van der Waals surface area contributed by atoms with Crippen LogP contribution in [0.3, 0.4) is 0 Å². The topological polar surface area (TPSA) is 176 Å². The van der Waals surface area contributed by atoms with Gasteiger partial charge in [0.05, 0.1) is 30.7 Å². The number of hydrogen-bond donors (Lipinski definition) is 3. The minimum Gasteiger partial charge on any atom is -0.469 e. The second-order valence-corrected chi connectivity index (χ2v) is 16.7. The average Bonchev–Trinajstić information content (AvgIpc) is 3.27. The molecule has 6 rings (SSSR count). The number of benzene rings is 3. The smallest absolute Gasteiger partial charge is 0.308 e. The van der Waals surface area contributed by atoms with Crippen LogP contribution < -0.4 is 21.0 Å². The normalized spacial score (nSPS) is 16.9. The van der Waals surface area contributed by atoms with E-state index in [-0.39, 0.29) is 52.2 Å². The third-order valence-corrected chi connectivity index (χ3v) is 13.0. The number of carbonyl (C=O) groups excluding carboxylic acids is 4. The molecule has 4 aromatic rings. The molecule has 3 aromatic carbocycles. The number of ether oxygens (including phenoxy) is 1. The summed E-state index contributed by atoms with van der Waals surface area (Å²) in [7, 11) is -1.24. The summed E-state index contributed by atoms with van der Waals surface area (Å²) in [6, 6.07) is 23.8. The van der Waals surface area contributed by atoms with Gasteiger partial charge < -0.3 is 20.3 Å². The number of anilines is 3. The molecule has 1 saturated carbocycles. The number of methoxy groups -OCH3 is 1. The summed E-state index contributed by atoms with van der Waals surface area (Å²) < 4.78 is 34.3. The van der Waals surface area contributed by atoms with Crippen LogP contribution in [0.25, 0.3) is 0 Å². The maximum absolute atomic E-state index is 14.0. The first-order chi connectivity index (χ1) is 28.5. The Morgan fingerprint density at radius 2 is 1.42 bits per heavy atom. The van der Waals surface area contributed by atoms with Crippen molar-refractivity contribution in [2.75, 3.05) is 49.4 Å². The van der Waals surface area contributed by atoms with Crippen molar-refractivity contribution in [2.24, 2.45) is 5.92 Å². The Hall–Kier alpha value is -5.64. The molecule has 312 valence electrons. The molecule has 3 amide bonds. The zero-order valence-electron chi connectivity index (χ0n) is 33.7. The second kappa shape index (κ2) is 19.9. The van der Waals surface area contributed by atoms with E-state index in [4.69, 9.17) is 14.6 Å². The van der Waals surface area contributed by atoms with E-state index in [1.807, 2.05) is 36.4 Å². The van der Waals surface area contributed by atoms with Gasteiger partial charge >= 0.3 is 5.97 Å². The summed E-state index contributed by atoms with van der Waals surface area (Å²) in [5.41, 5.74) is 5.79. The van der Waals surface area contributed by atoms with Gasteiger partial charge in [0.25, 0.3) is 17.7 Å². The highest BCUT2D eigenvalue weighted by atomic mass is 32.2. The van der Waals surface area contributed by atoms with Crippen LogP contribution >= 0.6 is 0 Å². The highest BCUT2D eigenvalue weighted by molar-refractivity contribution is 7.89. The Kier molecular flexibility index (Phi) is 14.5. The molecule has 2 heterocycles. The summed E-state index contributed by atoms with van der Waals surface area (Å²) in [5, 5.41) is 5.76. The zero-order chi connectivity index (χ0) is 41.9. The first kappa shape index (κ1) is 43.0. The van der Waals surface area contributed by atoms with Gasteiger partial charge in [-0.15, -0.1) is 0 Å². The van der Waals surface area contributed by atoms with Crippen molar-refractivity contribution in [3.05, 3.63) is 113 Å². The molecular weight excluding hydrogens is 773 g/mol. The summed E-state index contributed by atoms with van der Waals surface area (Å²) in [5.74, 6) is -1.31. The minimum atomic E-state index is -3.99. The molecule has 0 unspecified atom stereocenters. The predicted molar refractivity (Wildman–Crippen MR) is 225 cm³/mol. The number of nitrogens with one attached hydrogen (secondary N) is 3. The van der Waals surface area contributed by atoms with Crippen molar-refractivity contribution in [3.63, 3.8) is 0 Å². The van der Waals surface area contributed by atoms with Gasteiger partial charge in [-0.05, 0) is 124 Å². The quantitative estimate of drug-likeness (QED) is 0.0899. The molecule has 0 radical (unpaired) electrons. The third kappa shape index (κ3) is 10.7. The van der Waals surface area contributed by atoms with Gasteiger partial charge in [-0.2, -0.15) is 4.31 Å². The standard InChI is InChI=1S/C44H52N6O8S/c1-4-50(36-23-19-33(20-24-36)44(54)57-2)59(55,56)37-10-8-9-34(29-37)41(51)46-38-25-26-39(49-27-6-5-7-28-49)47-40(38)43(53)45-35-21-15-31(16-22-35)12-11-30-13-17-32(18-14-30)42(52)48-58-3/h8-10,13-18,21-22,25-26,29,33,36H,4-7,11-12,19-20,23-24,27-28H2,1-3H3,(H,45,53)(H,46,51)(H,48,52). The lowest BCUT2D eigenvalue weighted by molar-refractivity contribution is -0.146. The van der Waals surface area contributed by atoms with Gasteiger partial charge in [0.15, 0.2) is 5.69 Å². The first-order valence-electron chi connectivity index (χ1n) is 20.1. The Labute approximate surface area is 345 Å². The molecule has 2 fully saturated rings. The van der Waals surface area contributed by atoms with Gasteiger partial charge in [-0.3, -0.25) is 24.0 Å². The van der Waals surface area contributed by atoms with Crippen LogP contribution in [0.5, 0.6) is 0 Å². The van der Waals surface area contributed by atoms with E-state index in [9.17, 15) is 27.6 Å². The van der Waals surface area contributed by atoms with Gasteiger partial charge in [0, 0.05) is 42.5 Å². The molecule has 14 nitrogen and oxygen atoms in total. The number of carbonyl (C=O) groups is 4. The van der Waals surface area contributed by atoms with Crippen LogP contribution in [0.2, 0.25) is 0 Å². The van der Waals surface area contributed by atoms with Crippen molar-refractivity contribution < 1.29 is 37.2 Å². The number of hydroxylamine groups is 1. The SMILES string of the molecule is CCN(C1CCC(C(=O)OC)CC1)S(=O)(=O)c1cccc(C(=O)Nc2ccc(N3CCCCC3)nc2C(=O)Nc2ccc(CCc3ccc(C(=O)NOC)cc3)cc2)c1. The number of esters is 1. The van der Waals surface area contributed by atoms with Crippen molar-refractivity contribution >= 4 is 50.9 Å². The lowest BCUT2D eigenvalue weighted by atomic mass is 9.86. The molecule has 59 heavy (non-hydrogen) atoms. The lowest BCUT2D eigenvalue weighted by Gasteiger charge is -2.34. The monoisotopic (exact) mass is 824 g/mol. The molecule has 0 atom stereocenters. The van der Waals surface area contributed by atoms with Gasteiger partial charge in [-0.1, -0.05) is 37.3 Å². The Bertz CT molecular complexity index is 2220. The molecular formula is C44H52N6O8S. The van der Waals surface area contributed by atoms with E-state index < -0.39 is 21.8 Å². The third-order valence-electron chi connectivity index (χ3n) is 11.0. The number of nitrogens with zero attached hydrogens (tertiary/aromatic N) is 3. The van der Waals surface area contributed by atoms with Crippen LogP contribution in [-0.4, -0.2) is 81.3 Å². The first-order valence-corrected chi connectivity index (χ1v) is 21.5. The van der Waals surface area contributed by atoms with E-state index in [0.717, 1.165) is 56.3 Å². The van der Waals surface area contributed by atoms with E-state index in [2.05, 4.69) is 21.0 Å². The fourth-order valence-electron chi connectivity index (χ4n) is 7.75. The van der Waals surface area contributed by atoms with Gasteiger partial charge in [0.2, 0.25) is 10.0 Å². The highest BCUT2D eigenvalue weighted by Crippen LogP contribution is 2.32. The number of hydrogen-bond acceptors (Lipinski definition) is 10.